The number of benzene rings is 1. The third-order valence-electron chi connectivity index (χ3n) is 11.6. The summed E-state index contributed by atoms with van der Waals surface area (Å²) in [7, 11) is 1.29. The highest BCUT2D eigenvalue weighted by Crippen LogP contribution is 2.35. The number of aromatic nitrogens is 6. The largest absolute Gasteiger partial charge is 0.453 e. The standard InChI is InChI=1S/C45H55N9O4/c1-5-37(51-45(57)58-4)44(56)53(6-2)30(3)42-46-25-38(49-42)34-18-14-32(15-19-34)33-16-20-35(21-17-33)39-26-47-43(50-39)40-13-10-24-54(40)41(55)23-22-36-28-52(29-48-36)27-31-11-8-7-9-12-31/h7-9,11,14,16-18,20-21,25-26,28-31,37,40H,5-6,10,12-13,15,19,22-24,27H2,1-4H3,(H,46,49)(H,47,50)(H,51,57)/t30-,31?,37-,40-/m0/s1. The van der Waals surface area contributed by atoms with Crippen LogP contribution in [0.4, 0.5) is 4.79 Å². The first-order valence-electron chi connectivity index (χ1n) is 20.6. The van der Waals surface area contributed by atoms with E-state index >= 15 is 0 Å². The molecule has 3 amide bonds. The number of hydrogen-bond donors (Lipinski definition) is 3. The number of alkyl carbamates (subject to hydrolysis) is 1. The van der Waals surface area contributed by atoms with Crippen molar-refractivity contribution in [2.75, 3.05) is 20.2 Å². The van der Waals surface area contributed by atoms with Crippen molar-refractivity contribution in [2.45, 2.75) is 96.8 Å². The average molecular weight is 786 g/mol. The van der Waals surface area contributed by atoms with Crippen molar-refractivity contribution in [3.8, 4) is 11.3 Å². The molecule has 0 radical (unpaired) electrons. The Balaban J connectivity index is 0.935. The van der Waals surface area contributed by atoms with Crippen LogP contribution in [0.15, 0.2) is 85.6 Å². The van der Waals surface area contributed by atoms with E-state index in [2.05, 4.69) is 96.7 Å². The van der Waals surface area contributed by atoms with Crippen LogP contribution < -0.4 is 5.32 Å². The van der Waals surface area contributed by atoms with E-state index in [1.807, 2.05) is 44.4 Å². The maximum Gasteiger partial charge on any atom is 0.407 e. The molecule has 304 valence electrons. The van der Waals surface area contributed by atoms with Gasteiger partial charge in [-0.15, -0.1) is 0 Å². The van der Waals surface area contributed by atoms with E-state index in [9.17, 15) is 14.4 Å². The fraction of sp³-hybridized carbons (Fsp3) is 0.422. The van der Waals surface area contributed by atoms with E-state index in [-0.39, 0.29) is 23.9 Å². The van der Waals surface area contributed by atoms with Crippen LogP contribution in [0.25, 0.3) is 22.4 Å². The number of methoxy groups -OCH3 is 1. The molecule has 3 aliphatic rings. The van der Waals surface area contributed by atoms with Gasteiger partial charge in [-0.05, 0) is 87.0 Å². The highest BCUT2D eigenvalue weighted by molar-refractivity contribution is 5.86. The van der Waals surface area contributed by atoms with Gasteiger partial charge in [-0.25, -0.2) is 19.7 Å². The Hall–Kier alpha value is -5.98. The lowest BCUT2D eigenvalue weighted by Crippen LogP contribution is -2.49. The second-order valence-corrected chi connectivity index (χ2v) is 15.3. The van der Waals surface area contributed by atoms with Crippen molar-refractivity contribution in [1.82, 2.24) is 44.6 Å². The maximum absolute atomic E-state index is 13.4. The summed E-state index contributed by atoms with van der Waals surface area (Å²) < 4.78 is 6.84. The number of nitrogens with one attached hydrogen (secondary N) is 3. The van der Waals surface area contributed by atoms with Crippen LogP contribution in [0.1, 0.15) is 106 Å². The lowest BCUT2D eigenvalue weighted by atomic mass is 9.91. The Labute approximate surface area is 340 Å². The molecule has 1 fully saturated rings. The molecule has 3 aromatic heterocycles. The van der Waals surface area contributed by atoms with Gasteiger partial charge in [0.2, 0.25) is 11.8 Å². The van der Waals surface area contributed by atoms with Crippen molar-refractivity contribution in [2.24, 2.45) is 5.92 Å². The fourth-order valence-electron chi connectivity index (χ4n) is 8.24. The van der Waals surface area contributed by atoms with E-state index in [0.29, 0.717) is 37.5 Å². The summed E-state index contributed by atoms with van der Waals surface area (Å²) in [6.45, 7) is 7.82. The van der Waals surface area contributed by atoms with Gasteiger partial charge >= 0.3 is 6.09 Å². The minimum Gasteiger partial charge on any atom is -0.453 e. The number of hydrogen-bond acceptors (Lipinski definition) is 7. The lowest BCUT2D eigenvalue weighted by Gasteiger charge is -2.30. The Morgan fingerprint density at radius 2 is 1.76 bits per heavy atom. The summed E-state index contributed by atoms with van der Waals surface area (Å²) in [5.74, 6) is 1.98. The first-order chi connectivity index (χ1) is 28.2. The van der Waals surface area contributed by atoms with Crippen molar-refractivity contribution in [3.05, 3.63) is 114 Å². The Morgan fingerprint density at radius 3 is 2.48 bits per heavy atom. The molecule has 4 heterocycles. The molecule has 1 aliphatic heterocycles. The zero-order valence-corrected chi connectivity index (χ0v) is 34.0. The smallest absolute Gasteiger partial charge is 0.407 e. The fourth-order valence-corrected chi connectivity index (χ4v) is 8.24. The van der Waals surface area contributed by atoms with Crippen molar-refractivity contribution in [3.63, 3.8) is 0 Å². The zero-order chi connectivity index (χ0) is 40.6. The number of allylic oxidation sites excluding steroid dienone is 8. The quantitative estimate of drug-likeness (QED) is 0.112. The van der Waals surface area contributed by atoms with Gasteiger partial charge in [0.1, 0.15) is 17.7 Å². The minimum atomic E-state index is -0.675. The molecule has 4 aromatic rings. The summed E-state index contributed by atoms with van der Waals surface area (Å²) >= 11 is 0. The highest BCUT2D eigenvalue weighted by Gasteiger charge is 2.32. The van der Waals surface area contributed by atoms with Crippen molar-refractivity contribution >= 4 is 29.1 Å². The molecule has 2 aliphatic carbocycles. The molecule has 0 saturated carbocycles. The predicted octanol–water partition coefficient (Wildman–Crippen LogP) is 7.73. The predicted molar refractivity (Wildman–Crippen MR) is 224 cm³/mol. The number of rotatable bonds is 15. The van der Waals surface area contributed by atoms with Gasteiger partial charge in [0.15, 0.2) is 0 Å². The number of likely N-dealkylation sites (tertiary alicyclic amines) is 1. The van der Waals surface area contributed by atoms with Crippen LogP contribution in [-0.4, -0.2) is 83.4 Å². The number of nitrogens with zero attached hydrogens (tertiary/aromatic N) is 6. The SMILES string of the molecule is CC[C@H](NC(=O)OC)C(=O)N(CC)[C@@H](C)c1ncc(C2=CC=C(c3ccc(-c4cnc([C@@H]5CCCN5C(=O)CCc5cn(CC6C=CC=CC6)cn5)[nH]4)cc3)CC2)[nH]1. The monoisotopic (exact) mass is 785 g/mol. The van der Waals surface area contributed by atoms with Crippen LogP contribution in [0.5, 0.6) is 0 Å². The van der Waals surface area contributed by atoms with Crippen molar-refractivity contribution < 1.29 is 19.1 Å². The number of imidazole rings is 3. The Morgan fingerprint density at radius 1 is 0.983 bits per heavy atom. The maximum atomic E-state index is 13.4. The molecule has 58 heavy (non-hydrogen) atoms. The molecule has 13 nitrogen and oxygen atoms in total. The molecule has 1 saturated heterocycles. The van der Waals surface area contributed by atoms with E-state index < -0.39 is 12.1 Å². The Bertz CT molecular complexity index is 2190. The second kappa shape index (κ2) is 18.5. The summed E-state index contributed by atoms with van der Waals surface area (Å²) in [5, 5.41) is 2.64. The van der Waals surface area contributed by atoms with Gasteiger partial charge in [0, 0.05) is 32.3 Å². The summed E-state index contributed by atoms with van der Waals surface area (Å²) in [5.41, 5.74) is 7.45. The van der Waals surface area contributed by atoms with E-state index in [1.54, 1.807) is 4.90 Å². The lowest BCUT2D eigenvalue weighted by molar-refractivity contribution is -0.135. The molecule has 13 heteroatoms. The third kappa shape index (κ3) is 9.25. The van der Waals surface area contributed by atoms with E-state index in [4.69, 9.17) is 9.72 Å². The molecule has 0 spiro atoms. The van der Waals surface area contributed by atoms with Gasteiger partial charge in [-0.2, -0.15) is 0 Å². The summed E-state index contributed by atoms with van der Waals surface area (Å²) in [6.07, 6.45) is 26.1. The second-order valence-electron chi connectivity index (χ2n) is 15.3. The average Bonchev–Trinajstić information content (AvgIpc) is 4.10. The highest BCUT2D eigenvalue weighted by atomic mass is 16.5. The van der Waals surface area contributed by atoms with Crippen LogP contribution in [0, 0.1) is 5.92 Å². The number of H-pyrrole nitrogens is 2. The molecule has 1 unspecified atom stereocenters. The normalized spacial score (nSPS) is 18.7. The first-order valence-corrected chi connectivity index (χ1v) is 20.6. The number of ether oxygens (including phenoxy) is 1. The van der Waals surface area contributed by atoms with Gasteiger partial charge in [-0.1, -0.05) is 67.6 Å². The van der Waals surface area contributed by atoms with Crippen molar-refractivity contribution in [1.29, 1.82) is 0 Å². The minimum absolute atomic E-state index is 0.0522. The van der Waals surface area contributed by atoms with E-state index in [0.717, 1.165) is 79.2 Å². The number of carbonyl (C=O) groups is 3. The summed E-state index contributed by atoms with van der Waals surface area (Å²) in [4.78, 5) is 63.2. The van der Waals surface area contributed by atoms with Crippen LogP contribution in [0.3, 0.4) is 0 Å². The Kier molecular flexibility index (Phi) is 12.8. The molecular formula is C45H55N9O4. The first kappa shape index (κ1) is 40.2. The third-order valence-corrected chi connectivity index (χ3v) is 11.6. The zero-order valence-electron chi connectivity index (χ0n) is 34.0. The topological polar surface area (TPSA) is 154 Å². The molecule has 0 bridgehead atoms. The number of amides is 3. The summed E-state index contributed by atoms with van der Waals surface area (Å²) in [6, 6.07) is 7.52. The molecule has 4 atom stereocenters. The number of carbonyl (C=O) groups excluding carboxylic acids is 3. The van der Waals surface area contributed by atoms with Gasteiger partial charge < -0.3 is 34.4 Å². The number of aryl methyl sites for hydroxylation is 1. The van der Waals surface area contributed by atoms with Gasteiger partial charge in [0.25, 0.3) is 0 Å². The van der Waals surface area contributed by atoms with E-state index in [1.165, 1.54) is 18.2 Å². The van der Waals surface area contributed by atoms with Crippen LogP contribution in [-0.2, 0) is 27.3 Å². The molecule has 1 aromatic carbocycles. The number of aromatic amines is 2. The number of likely N-dealkylation sites (N-methyl/N-ethyl adjacent to an activating group) is 1. The van der Waals surface area contributed by atoms with Crippen LogP contribution >= 0.6 is 0 Å². The molecule has 3 N–H and O–H groups in total. The van der Waals surface area contributed by atoms with Gasteiger partial charge in [-0.3, -0.25) is 9.59 Å². The van der Waals surface area contributed by atoms with Gasteiger partial charge in [0.05, 0.1) is 55.0 Å². The molecular weight excluding hydrogens is 731 g/mol. The molecule has 7 rings (SSSR count). The van der Waals surface area contributed by atoms with Crippen LogP contribution in [0.2, 0.25) is 0 Å².